The Labute approximate surface area is 152 Å². The highest BCUT2D eigenvalue weighted by Gasteiger charge is 2.23. The van der Waals surface area contributed by atoms with E-state index in [1.54, 1.807) is 12.3 Å². The lowest BCUT2D eigenvalue weighted by Crippen LogP contribution is -2.26. The number of hydrogen-bond acceptors (Lipinski definition) is 4. The zero-order chi connectivity index (χ0) is 17.6. The van der Waals surface area contributed by atoms with Gasteiger partial charge in [0.2, 0.25) is 0 Å². The van der Waals surface area contributed by atoms with Crippen LogP contribution < -0.4 is 5.32 Å². The summed E-state index contributed by atoms with van der Waals surface area (Å²) in [6.07, 6.45) is 5.19. The number of aromatic nitrogens is 1. The molecule has 0 bridgehead atoms. The van der Waals surface area contributed by atoms with E-state index in [0.717, 1.165) is 32.1 Å². The van der Waals surface area contributed by atoms with Crippen LogP contribution in [0.1, 0.15) is 17.5 Å². The average molecular weight is 358 g/mol. The van der Waals surface area contributed by atoms with Gasteiger partial charge in [0.25, 0.3) is 0 Å². The smallest absolute Gasteiger partial charge is 0.328 e. The van der Waals surface area contributed by atoms with Crippen LogP contribution in [-0.4, -0.2) is 40.1 Å². The number of halogens is 1. The van der Waals surface area contributed by atoms with Crippen molar-refractivity contribution in [1.82, 2.24) is 9.88 Å². The van der Waals surface area contributed by atoms with Crippen molar-refractivity contribution in [3.8, 4) is 0 Å². The average Bonchev–Trinajstić information content (AvgIpc) is 3.03. The molecule has 25 heavy (non-hydrogen) atoms. The molecule has 5 nitrogen and oxygen atoms in total. The minimum Gasteiger partial charge on any atom is -0.478 e. The summed E-state index contributed by atoms with van der Waals surface area (Å²) < 4.78 is 0. The molecule has 3 rings (SSSR count). The van der Waals surface area contributed by atoms with E-state index in [0.29, 0.717) is 22.4 Å². The van der Waals surface area contributed by atoms with E-state index in [1.807, 2.05) is 6.07 Å². The summed E-state index contributed by atoms with van der Waals surface area (Å²) in [5, 5.41) is 12.5. The molecule has 1 aromatic heterocycles. The van der Waals surface area contributed by atoms with Crippen LogP contribution in [0.25, 0.3) is 6.08 Å². The summed E-state index contributed by atoms with van der Waals surface area (Å²) in [6.45, 7) is 2.91. The minimum absolute atomic E-state index is 0.300. The van der Waals surface area contributed by atoms with Crippen molar-refractivity contribution in [2.45, 2.75) is 19.0 Å². The molecule has 6 heteroatoms. The first-order valence-electron chi connectivity index (χ1n) is 8.19. The Morgan fingerprint density at radius 3 is 2.92 bits per heavy atom. The van der Waals surface area contributed by atoms with Gasteiger partial charge in [-0.1, -0.05) is 41.9 Å². The van der Waals surface area contributed by atoms with Gasteiger partial charge in [0.1, 0.15) is 5.82 Å². The Balaban J connectivity index is 1.57. The van der Waals surface area contributed by atoms with Gasteiger partial charge < -0.3 is 10.4 Å². The van der Waals surface area contributed by atoms with E-state index in [4.69, 9.17) is 16.7 Å². The minimum atomic E-state index is -0.997. The lowest BCUT2D eigenvalue weighted by molar-refractivity contribution is -0.131. The number of hydrogen-bond donors (Lipinski definition) is 2. The van der Waals surface area contributed by atoms with Crippen molar-refractivity contribution in [3.63, 3.8) is 0 Å². The van der Waals surface area contributed by atoms with E-state index < -0.39 is 5.97 Å². The molecule has 1 aliphatic rings. The van der Waals surface area contributed by atoms with Gasteiger partial charge in [-0.05, 0) is 29.7 Å². The van der Waals surface area contributed by atoms with Crippen LogP contribution in [0, 0.1) is 0 Å². The van der Waals surface area contributed by atoms with Gasteiger partial charge >= 0.3 is 5.97 Å². The molecule has 1 saturated heterocycles. The maximum absolute atomic E-state index is 10.6. The largest absolute Gasteiger partial charge is 0.478 e. The van der Waals surface area contributed by atoms with Crippen LogP contribution in [0.4, 0.5) is 5.82 Å². The topological polar surface area (TPSA) is 65.5 Å². The van der Waals surface area contributed by atoms with Crippen LogP contribution >= 0.6 is 11.6 Å². The predicted octanol–water partition coefficient (Wildman–Crippen LogP) is 3.52. The molecule has 0 amide bonds. The molecular weight excluding hydrogens is 338 g/mol. The van der Waals surface area contributed by atoms with Crippen LogP contribution in [0.3, 0.4) is 0 Å². The molecule has 0 unspecified atom stereocenters. The van der Waals surface area contributed by atoms with Gasteiger partial charge in [-0.2, -0.15) is 0 Å². The van der Waals surface area contributed by atoms with Crippen molar-refractivity contribution < 1.29 is 9.90 Å². The first kappa shape index (κ1) is 17.5. The maximum atomic E-state index is 10.6. The van der Waals surface area contributed by atoms with E-state index in [2.05, 4.69) is 39.5 Å². The highest BCUT2D eigenvalue weighted by atomic mass is 35.5. The van der Waals surface area contributed by atoms with Crippen molar-refractivity contribution in [3.05, 3.63) is 64.8 Å². The predicted molar refractivity (Wildman–Crippen MR) is 99.7 cm³/mol. The Morgan fingerprint density at radius 2 is 2.20 bits per heavy atom. The third-order valence-corrected chi connectivity index (χ3v) is 4.43. The Kier molecular flexibility index (Phi) is 5.68. The molecule has 0 aliphatic carbocycles. The molecule has 1 fully saturated rings. The summed E-state index contributed by atoms with van der Waals surface area (Å²) in [5.74, 6) is -0.358. The molecule has 1 aromatic carbocycles. The first-order chi connectivity index (χ1) is 12.1. The van der Waals surface area contributed by atoms with Gasteiger partial charge in [-0.3, -0.25) is 4.90 Å². The molecule has 2 heterocycles. The first-order valence-corrected chi connectivity index (χ1v) is 8.57. The second-order valence-corrected chi connectivity index (χ2v) is 6.53. The molecule has 1 aliphatic heterocycles. The normalized spacial score (nSPS) is 17.9. The summed E-state index contributed by atoms with van der Waals surface area (Å²) in [4.78, 5) is 17.3. The fraction of sp³-hybridized carbons (Fsp3) is 0.263. The SMILES string of the molecule is O=C(O)/C=C/c1cnc(N[C@H]2CCN(Cc3ccccc3)C2)c(Cl)c1. The number of rotatable bonds is 6. The summed E-state index contributed by atoms with van der Waals surface area (Å²) in [6, 6.07) is 12.4. The quantitative estimate of drug-likeness (QED) is 0.774. The third kappa shape index (κ3) is 5.05. The highest BCUT2D eigenvalue weighted by molar-refractivity contribution is 6.33. The highest BCUT2D eigenvalue weighted by Crippen LogP contribution is 2.24. The van der Waals surface area contributed by atoms with Crippen LogP contribution in [-0.2, 0) is 11.3 Å². The number of pyridine rings is 1. The number of nitrogens with one attached hydrogen (secondary N) is 1. The fourth-order valence-electron chi connectivity index (χ4n) is 2.95. The van der Waals surface area contributed by atoms with E-state index in [1.165, 1.54) is 11.6 Å². The number of anilines is 1. The lowest BCUT2D eigenvalue weighted by atomic mass is 10.2. The van der Waals surface area contributed by atoms with Gasteiger partial charge in [-0.25, -0.2) is 9.78 Å². The summed E-state index contributed by atoms with van der Waals surface area (Å²) >= 11 is 6.27. The second kappa shape index (κ2) is 8.14. The van der Waals surface area contributed by atoms with Crippen LogP contribution in [0.5, 0.6) is 0 Å². The van der Waals surface area contributed by atoms with E-state index in [-0.39, 0.29) is 0 Å². The van der Waals surface area contributed by atoms with Gasteiger partial charge in [0.05, 0.1) is 5.02 Å². The van der Waals surface area contributed by atoms with E-state index in [9.17, 15) is 4.79 Å². The maximum Gasteiger partial charge on any atom is 0.328 e. The fourth-order valence-corrected chi connectivity index (χ4v) is 3.18. The van der Waals surface area contributed by atoms with Crippen molar-refractivity contribution >= 4 is 29.5 Å². The lowest BCUT2D eigenvalue weighted by Gasteiger charge is -2.17. The van der Waals surface area contributed by atoms with Gasteiger partial charge in [0.15, 0.2) is 0 Å². The second-order valence-electron chi connectivity index (χ2n) is 6.12. The van der Waals surface area contributed by atoms with Gasteiger partial charge in [0, 0.05) is 37.9 Å². The standard InChI is InChI=1S/C19H20ClN3O2/c20-17-10-15(6-7-18(24)25)11-21-19(17)22-16-8-9-23(13-16)12-14-4-2-1-3-5-14/h1-7,10-11,16H,8-9,12-13H2,(H,21,22)(H,24,25)/b7-6+/t16-/m0/s1. The molecule has 0 radical (unpaired) electrons. The molecule has 1 atom stereocenters. The number of benzene rings is 1. The molecule has 2 aromatic rings. The molecule has 2 N–H and O–H groups in total. The Bertz CT molecular complexity index is 765. The van der Waals surface area contributed by atoms with Crippen molar-refractivity contribution in [2.24, 2.45) is 0 Å². The van der Waals surface area contributed by atoms with Crippen LogP contribution in [0.15, 0.2) is 48.7 Å². The number of likely N-dealkylation sites (tertiary alicyclic amines) is 1. The van der Waals surface area contributed by atoms with Crippen LogP contribution in [0.2, 0.25) is 5.02 Å². The third-order valence-electron chi connectivity index (χ3n) is 4.14. The number of carboxylic acids is 1. The molecule has 130 valence electrons. The number of nitrogens with zero attached hydrogens (tertiary/aromatic N) is 2. The summed E-state index contributed by atoms with van der Waals surface area (Å²) in [7, 11) is 0. The Hall–Kier alpha value is -2.37. The molecule has 0 saturated carbocycles. The number of carbonyl (C=O) groups is 1. The molecule has 0 spiro atoms. The molecular formula is C19H20ClN3O2. The van der Waals surface area contributed by atoms with Crippen molar-refractivity contribution in [1.29, 1.82) is 0 Å². The monoisotopic (exact) mass is 357 g/mol. The summed E-state index contributed by atoms with van der Waals surface area (Å²) in [5.41, 5.74) is 1.98. The zero-order valence-electron chi connectivity index (χ0n) is 13.7. The zero-order valence-corrected chi connectivity index (χ0v) is 14.5. The van der Waals surface area contributed by atoms with Crippen molar-refractivity contribution in [2.75, 3.05) is 18.4 Å². The Morgan fingerprint density at radius 1 is 1.40 bits per heavy atom. The van der Waals surface area contributed by atoms with Gasteiger partial charge in [-0.15, -0.1) is 0 Å². The van der Waals surface area contributed by atoms with E-state index >= 15 is 0 Å². The number of carboxylic acid groups (broad SMARTS) is 1. The number of aliphatic carboxylic acids is 1.